The van der Waals surface area contributed by atoms with Gasteiger partial charge in [-0.15, -0.1) is 11.8 Å². The zero-order valence-corrected chi connectivity index (χ0v) is 20.7. The van der Waals surface area contributed by atoms with E-state index in [2.05, 4.69) is 33.4 Å². The molecule has 3 rings (SSSR count). The SMILES string of the molecule is Cc1ccccc1CN(C(=O)CSCc1ccc(Br)cc1)[C@@H](C)C(=O)NC1CCCC1. The van der Waals surface area contributed by atoms with Crippen LogP contribution in [0.3, 0.4) is 0 Å². The molecule has 166 valence electrons. The molecule has 6 heteroatoms. The van der Waals surface area contributed by atoms with E-state index in [4.69, 9.17) is 0 Å². The van der Waals surface area contributed by atoms with Crippen molar-refractivity contribution in [3.8, 4) is 0 Å². The maximum absolute atomic E-state index is 13.2. The number of hydrogen-bond donors (Lipinski definition) is 1. The van der Waals surface area contributed by atoms with Crippen LogP contribution in [0.1, 0.15) is 49.3 Å². The van der Waals surface area contributed by atoms with Crippen LogP contribution in [0.15, 0.2) is 53.0 Å². The summed E-state index contributed by atoms with van der Waals surface area (Å²) in [5.74, 6) is 1.06. The highest BCUT2D eigenvalue weighted by Crippen LogP contribution is 2.21. The molecule has 0 aromatic heterocycles. The second kappa shape index (κ2) is 11.7. The van der Waals surface area contributed by atoms with Crippen molar-refractivity contribution in [3.05, 3.63) is 69.7 Å². The van der Waals surface area contributed by atoms with Gasteiger partial charge in [0.2, 0.25) is 11.8 Å². The molecule has 1 N–H and O–H groups in total. The molecule has 0 heterocycles. The lowest BCUT2D eigenvalue weighted by Crippen LogP contribution is -2.50. The smallest absolute Gasteiger partial charge is 0.242 e. The second-order valence-corrected chi connectivity index (χ2v) is 10.1. The summed E-state index contributed by atoms with van der Waals surface area (Å²) in [6.07, 6.45) is 4.40. The largest absolute Gasteiger partial charge is 0.352 e. The Labute approximate surface area is 198 Å². The van der Waals surface area contributed by atoms with Gasteiger partial charge in [-0.3, -0.25) is 9.59 Å². The Morgan fingerprint density at radius 1 is 1.13 bits per heavy atom. The molecule has 1 atom stereocenters. The normalized spacial score (nSPS) is 14.9. The van der Waals surface area contributed by atoms with Crippen LogP contribution < -0.4 is 5.32 Å². The summed E-state index contributed by atoms with van der Waals surface area (Å²) in [4.78, 5) is 27.9. The molecule has 2 aromatic carbocycles. The molecule has 1 aliphatic carbocycles. The third kappa shape index (κ3) is 7.11. The molecule has 1 fully saturated rings. The van der Waals surface area contributed by atoms with Gasteiger partial charge in [-0.1, -0.05) is 65.2 Å². The van der Waals surface area contributed by atoms with Crippen LogP contribution in [-0.4, -0.2) is 34.6 Å². The number of benzene rings is 2. The summed E-state index contributed by atoms with van der Waals surface area (Å²) in [6.45, 7) is 4.34. The van der Waals surface area contributed by atoms with Gasteiger partial charge < -0.3 is 10.2 Å². The lowest BCUT2D eigenvalue weighted by atomic mass is 10.1. The third-order valence-corrected chi connectivity index (χ3v) is 7.40. The summed E-state index contributed by atoms with van der Waals surface area (Å²) in [6, 6.07) is 15.9. The van der Waals surface area contributed by atoms with Crippen molar-refractivity contribution >= 4 is 39.5 Å². The number of amides is 2. The maximum Gasteiger partial charge on any atom is 0.242 e. The summed E-state index contributed by atoms with van der Waals surface area (Å²) in [7, 11) is 0. The maximum atomic E-state index is 13.2. The Balaban J connectivity index is 1.66. The first-order chi connectivity index (χ1) is 14.9. The number of halogens is 1. The number of carbonyl (C=O) groups excluding carboxylic acids is 2. The first-order valence-corrected chi connectivity index (χ1v) is 12.9. The number of hydrogen-bond acceptors (Lipinski definition) is 3. The molecule has 0 radical (unpaired) electrons. The number of thioether (sulfide) groups is 1. The molecular formula is C25H31BrN2O2S. The summed E-state index contributed by atoms with van der Waals surface area (Å²) >= 11 is 5.04. The molecule has 2 aromatic rings. The highest BCUT2D eigenvalue weighted by Gasteiger charge is 2.28. The zero-order chi connectivity index (χ0) is 22.2. The van der Waals surface area contributed by atoms with Crippen molar-refractivity contribution in [1.82, 2.24) is 10.2 Å². The van der Waals surface area contributed by atoms with Crippen LogP contribution in [0.4, 0.5) is 0 Å². The van der Waals surface area contributed by atoms with Crippen LogP contribution in [0.5, 0.6) is 0 Å². The highest BCUT2D eigenvalue weighted by molar-refractivity contribution is 9.10. The molecular weight excluding hydrogens is 472 g/mol. The van der Waals surface area contributed by atoms with E-state index in [1.807, 2.05) is 50.2 Å². The monoisotopic (exact) mass is 502 g/mol. The molecule has 0 saturated heterocycles. The fraction of sp³-hybridized carbons (Fsp3) is 0.440. The van der Waals surface area contributed by atoms with Gasteiger partial charge in [0.1, 0.15) is 6.04 Å². The molecule has 2 amide bonds. The lowest BCUT2D eigenvalue weighted by molar-refractivity contribution is -0.139. The average Bonchev–Trinajstić information content (AvgIpc) is 3.27. The second-order valence-electron chi connectivity index (χ2n) is 8.23. The fourth-order valence-electron chi connectivity index (χ4n) is 3.87. The minimum absolute atomic E-state index is 0.000522. The van der Waals surface area contributed by atoms with Crippen molar-refractivity contribution in [2.24, 2.45) is 0 Å². The molecule has 4 nitrogen and oxygen atoms in total. The van der Waals surface area contributed by atoms with E-state index in [0.29, 0.717) is 12.3 Å². The molecule has 0 bridgehead atoms. The Hall–Kier alpha value is -1.79. The van der Waals surface area contributed by atoms with Gasteiger partial charge in [0.25, 0.3) is 0 Å². The van der Waals surface area contributed by atoms with Crippen molar-refractivity contribution in [1.29, 1.82) is 0 Å². The quantitative estimate of drug-likeness (QED) is 0.494. The van der Waals surface area contributed by atoms with Crippen LogP contribution in [0, 0.1) is 6.92 Å². The Bertz CT molecular complexity index is 881. The minimum atomic E-state index is -0.499. The first-order valence-electron chi connectivity index (χ1n) is 10.9. The average molecular weight is 504 g/mol. The van der Waals surface area contributed by atoms with Gasteiger partial charge >= 0.3 is 0 Å². The van der Waals surface area contributed by atoms with E-state index >= 15 is 0 Å². The Morgan fingerprint density at radius 3 is 2.48 bits per heavy atom. The summed E-state index contributed by atoms with van der Waals surface area (Å²) < 4.78 is 1.05. The Kier molecular flexibility index (Phi) is 9.02. The fourth-order valence-corrected chi connectivity index (χ4v) is 5.00. The summed E-state index contributed by atoms with van der Waals surface area (Å²) in [5, 5.41) is 3.16. The third-order valence-electron chi connectivity index (χ3n) is 5.88. The van der Waals surface area contributed by atoms with E-state index in [0.717, 1.165) is 47.0 Å². The molecule has 0 aliphatic heterocycles. The van der Waals surface area contributed by atoms with Crippen LogP contribution in [-0.2, 0) is 21.9 Å². The lowest BCUT2D eigenvalue weighted by Gasteiger charge is -2.30. The number of aryl methyl sites for hydroxylation is 1. The van der Waals surface area contributed by atoms with Crippen LogP contribution >= 0.6 is 27.7 Å². The number of carbonyl (C=O) groups is 2. The van der Waals surface area contributed by atoms with Gasteiger partial charge in [-0.2, -0.15) is 0 Å². The first kappa shape index (κ1) is 23.9. The van der Waals surface area contributed by atoms with Crippen LogP contribution in [0.2, 0.25) is 0 Å². The molecule has 1 aliphatic rings. The zero-order valence-electron chi connectivity index (χ0n) is 18.3. The van der Waals surface area contributed by atoms with Gasteiger partial charge in [0.05, 0.1) is 5.75 Å². The van der Waals surface area contributed by atoms with Crippen molar-refractivity contribution in [3.63, 3.8) is 0 Å². The van der Waals surface area contributed by atoms with Gasteiger partial charge in [-0.25, -0.2) is 0 Å². The topological polar surface area (TPSA) is 49.4 Å². The van der Waals surface area contributed by atoms with Gasteiger partial charge in [0.15, 0.2) is 0 Å². The van der Waals surface area contributed by atoms with E-state index in [1.54, 1.807) is 16.7 Å². The van der Waals surface area contributed by atoms with E-state index in [1.165, 1.54) is 5.56 Å². The standard InChI is InChI=1S/C25H31BrN2O2S/c1-18-7-3-4-8-21(18)15-28(19(2)25(30)27-23-9-5-6-10-23)24(29)17-31-16-20-11-13-22(26)14-12-20/h3-4,7-8,11-14,19,23H,5-6,9-10,15-17H2,1-2H3,(H,27,30)/t19-/m0/s1. The molecule has 1 saturated carbocycles. The predicted molar refractivity (Wildman–Crippen MR) is 132 cm³/mol. The van der Waals surface area contributed by atoms with Crippen molar-refractivity contribution < 1.29 is 9.59 Å². The van der Waals surface area contributed by atoms with Crippen molar-refractivity contribution in [2.45, 2.75) is 63.9 Å². The number of nitrogens with zero attached hydrogens (tertiary/aromatic N) is 1. The predicted octanol–water partition coefficient (Wildman–Crippen LogP) is 5.47. The van der Waals surface area contributed by atoms with Gasteiger partial charge in [-0.05, 0) is 55.5 Å². The molecule has 0 unspecified atom stereocenters. The molecule has 0 spiro atoms. The molecule has 31 heavy (non-hydrogen) atoms. The number of rotatable bonds is 9. The summed E-state index contributed by atoms with van der Waals surface area (Å²) in [5.41, 5.74) is 3.39. The van der Waals surface area contributed by atoms with Crippen molar-refractivity contribution in [2.75, 3.05) is 5.75 Å². The number of nitrogens with one attached hydrogen (secondary N) is 1. The van der Waals surface area contributed by atoms with Crippen LogP contribution in [0.25, 0.3) is 0 Å². The Morgan fingerprint density at radius 2 is 1.81 bits per heavy atom. The van der Waals surface area contributed by atoms with E-state index in [-0.39, 0.29) is 17.9 Å². The van der Waals surface area contributed by atoms with Gasteiger partial charge in [0, 0.05) is 22.8 Å². The van der Waals surface area contributed by atoms with E-state index in [9.17, 15) is 9.59 Å². The highest BCUT2D eigenvalue weighted by atomic mass is 79.9. The minimum Gasteiger partial charge on any atom is -0.352 e. The van der Waals surface area contributed by atoms with E-state index < -0.39 is 6.04 Å².